The van der Waals surface area contributed by atoms with E-state index in [1.807, 2.05) is 13.8 Å². The Kier molecular flexibility index (Phi) is 4.06. The first kappa shape index (κ1) is 11.6. The van der Waals surface area contributed by atoms with Crippen molar-refractivity contribution in [2.75, 3.05) is 12.8 Å². The lowest BCUT2D eigenvalue weighted by molar-refractivity contribution is 0.0925. The standard InChI is InChI=1S/C9H14IN3O/c1-4-6(14-3)9-12-5(2)7(10)8(11)13-9/h6H,4H2,1-3H3,(H2,11,12,13). The molecule has 0 amide bonds. The average Bonchev–Trinajstić information content (AvgIpc) is 2.16. The van der Waals surface area contributed by atoms with Gasteiger partial charge >= 0.3 is 0 Å². The summed E-state index contributed by atoms with van der Waals surface area (Å²) in [4.78, 5) is 8.56. The lowest BCUT2D eigenvalue weighted by atomic mass is 10.2. The van der Waals surface area contributed by atoms with Crippen LogP contribution in [-0.2, 0) is 4.74 Å². The minimum absolute atomic E-state index is 0.0620. The monoisotopic (exact) mass is 307 g/mol. The summed E-state index contributed by atoms with van der Waals surface area (Å²) < 4.78 is 6.17. The summed E-state index contributed by atoms with van der Waals surface area (Å²) in [6.45, 7) is 3.95. The molecule has 0 radical (unpaired) electrons. The van der Waals surface area contributed by atoms with Gasteiger partial charge in [0.2, 0.25) is 0 Å². The predicted octanol–water partition coefficient (Wildman–Crippen LogP) is 2.07. The highest BCUT2D eigenvalue weighted by atomic mass is 127. The maximum absolute atomic E-state index is 5.75. The Morgan fingerprint density at radius 1 is 1.50 bits per heavy atom. The molecule has 1 heterocycles. The second-order valence-electron chi connectivity index (χ2n) is 3.00. The second kappa shape index (κ2) is 4.88. The number of halogens is 1. The highest BCUT2D eigenvalue weighted by molar-refractivity contribution is 14.1. The van der Waals surface area contributed by atoms with E-state index in [9.17, 15) is 0 Å². The molecule has 1 unspecified atom stereocenters. The lowest BCUT2D eigenvalue weighted by Crippen LogP contribution is -2.10. The number of rotatable bonds is 3. The first-order valence-corrected chi connectivity index (χ1v) is 5.50. The van der Waals surface area contributed by atoms with Gasteiger partial charge in [-0.25, -0.2) is 9.97 Å². The van der Waals surface area contributed by atoms with Crippen LogP contribution in [0.5, 0.6) is 0 Å². The number of nitrogen functional groups attached to an aromatic ring is 1. The summed E-state index contributed by atoms with van der Waals surface area (Å²) in [7, 11) is 1.65. The van der Waals surface area contributed by atoms with Crippen LogP contribution in [0, 0.1) is 10.5 Å². The van der Waals surface area contributed by atoms with Gasteiger partial charge in [-0.05, 0) is 35.9 Å². The maximum atomic E-state index is 5.75. The molecule has 1 aromatic rings. The van der Waals surface area contributed by atoms with Crippen molar-refractivity contribution in [2.24, 2.45) is 0 Å². The van der Waals surface area contributed by atoms with Gasteiger partial charge in [-0.1, -0.05) is 6.92 Å². The number of anilines is 1. The summed E-state index contributed by atoms with van der Waals surface area (Å²) in [6.07, 6.45) is 0.781. The van der Waals surface area contributed by atoms with Gasteiger partial charge < -0.3 is 10.5 Å². The van der Waals surface area contributed by atoms with Crippen molar-refractivity contribution in [1.29, 1.82) is 0 Å². The van der Waals surface area contributed by atoms with E-state index in [1.165, 1.54) is 0 Å². The van der Waals surface area contributed by atoms with E-state index in [0.717, 1.165) is 15.7 Å². The third kappa shape index (κ3) is 2.33. The molecule has 78 valence electrons. The molecule has 0 aromatic carbocycles. The van der Waals surface area contributed by atoms with Crippen LogP contribution in [0.25, 0.3) is 0 Å². The van der Waals surface area contributed by atoms with Crippen LogP contribution in [0.2, 0.25) is 0 Å². The van der Waals surface area contributed by atoms with Gasteiger partial charge in [0.05, 0.1) is 9.26 Å². The Morgan fingerprint density at radius 2 is 2.14 bits per heavy atom. The molecule has 0 spiro atoms. The van der Waals surface area contributed by atoms with Gasteiger partial charge in [-0.3, -0.25) is 0 Å². The predicted molar refractivity (Wildman–Crippen MR) is 63.9 cm³/mol. The van der Waals surface area contributed by atoms with E-state index in [0.29, 0.717) is 11.6 Å². The van der Waals surface area contributed by atoms with Crippen LogP contribution in [-0.4, -0.2) is 17.1 Å². The SMILES string of the molecule is CCC(OC)c1nc(C)c(I)c(N)n1. The molecule has 0 bridgehead atoms. The van der Waals surface area contributed by atoms with E-state index in [4.69, 9.17) is 10.5 Å². The molecule has 5 heteroatoms. The molecule has 0 saturated carbocycles. The van der Waals surface area contributed by atoms with Crippen molar-refractivity contribution >= 4 is 28.4 Å². The quantitative estimate of drug-likeness (QED) is 0.869. The minimum atomic E-state index is -0.0620. The number of ether oxygens (including phenoxy) is 1. The zero-order valence-corrected chi connectivity index (χ0v) is 10.7. The zero-order valence-electron chi connectivity index (χ0n) is 8.54. The third-order valence-corrected chi connectivity index (χ3v) is 3.34. The summed E-state index contributed by atoms with van der Waals surface area (Å²) >= 11 is 2.14. The van der Waals surface area contributed by atoms with Gasteiger partial charge in [0.1, 0.15) is 11.9 Å². The van der Waals surface area contributed by atoms with Crippen LogP contribution in [0.15, 0.2) is 0 Å². The van der Waals surface area contributed by atoms with E-state index in [2.05, 4.69) is 32.6 Å². The molecule has 0 fully saturated rings. The Hall–Kier alpha value is -0.430. The molecule has 1 aromatic heterocycles. The van der Waals surface area contributed by atoms with Gasteiger partial charge in [0.25, 0.3) is 0 Å². The topological polar surface area (TPSA) is 61.0 Å². The Morgan fingerprint density at radius 3 is 2.57 bits per heavy atom. The van der Waals surface area contributed by atoms with Gasteiger partial charge in [0, 0.05) is 7.11 Å². The summed E-state index contributed by atoms with van der Waals surface area (Å²) in [5.74, 6) is 1.20. The lowest BCUT2D eigenvalue weighted by Gasteiger charge is -2.13. The average molecular weight is 307 g/mol. The van der Waals surface area contributed by atoms with Crippen LogP contribution < -0.4 is 5.73 Å². The van der Waals surface area contributed by atoms with Gasteiger partial charge in [-0.2, -0.15) is 0 Å². The van der Waals surface area contributed by atoms with Crippen molar-refractivity contribution in [1.82, 2.24) is 9.97 Å². The first-order chi connectivity index (χ1) is 6.60. The van der Waals surface area contributed by atoms with E-state index in [1.54, 1.807) is 7.11 Å². The molecular formula is C9H14IN3O. The van der Waals surface area contributed by atoms with Crippen molar-refractivity contribution in [3.63, 3.8) is 0 Å². The number of aromatic nitrogens is 2. The fourth-order valence-corrected chi connectivity index (χ4v) is 1.44. The molecular weight excluding hydrogens is 293 g/mol. The Balaban J connectivity index is 3.11. The molecule has 0 aliphatic rings. The molecule has 1 rings (SSSR count). The molecule has 0 saturated heterocycles. The number of hydrogen-bond acceptors (Lipinski definition) is 4. The number of aryl methyl sites for hydroxylation is 1. The normalized spacial score (nSPS) is 12.9. The first-order valence-electron chi connectivity index (χ1n) is 4.42. The van der Waals surface area contributed by atoms with Crippen LogP contribution >= 0.6 is 22.6 Å². The molecule has 2 N–H and O–H groups in total. The summed E-state index contributed by atoms with van der Waals surface area (Å²) in [5, 5.41) is 0. The zero-order chi connectivity index (χ0) is 10.7. The minimum Gasteiger partial charge on any atom is -0.383 e. The largest absolute Gasteiger partial charge is 0.383 e. The van der Waals surface area contributed by atoms with Crippen molar-refractivity contribution in [2.45, 2.75) is 26.4 Å². The number of nitrogens with two attached hydrogens (primary N) is 1. The second-order valence-corrected chi connectivity index (χ2v) is 4.08. The highest BCUT2D eigenvalue weighted by Crippen LogP contribution is 2.21. The van der Waals surface area contributed by atoms with Crippen molar-refractivity contribution in [3.05, 3.63) is 15.1 Å². The molecule has 0 aliphatic carbocycles. The van der Waals surface area contributed by atoms with Crippen molar-refractivity contribution < 1.29 is 4.74 Å². The molecule has 0 aliphatic heterocycles. The van der Waals surface area contributed by atoms with Gasteiger partial charge in [-0.15, -0.1) is 0 Å². The van der Waals surface area contributed by atoms with Crippen molar-refractivity contribution in [3.8, 4) is 0 Å². The molecule has 4 nitrogen and oxygen atoms in total. The van der Waals surface area contributed by atoms with E-state index in [-0.39, 0.29) is 6.10 Å². The van der Waals surface area contributed by atoms with E-state index < -0.39 is 0 Å². The highest BCUT2D eigenvalue weighted by Gasteiger charge is 2.14. The smallest absolute Gasteiger partial charge is 0.159 e. The number of nitrogens with zero attached hydrogens (tertiary/aromatic N) is 2. The number of methoxy groups -OCH3 is 1. The van der Waals surface area contributed by atoms with Crippen LogP contribution in [0.1, 0.15) is 31.0 Å². The fourth-order valence-electron chi connectivity index (χ4n) is 1.20. The summed E-state index contributed by atoms with van der Waals surface area (Å²) in [6, 6.07) is 0. The van der Waals surface area contributed by atoms with Crippen LogP contribution in [0.4, 0.5) is 5.82 Å². The van der Waals surface area contributed by atoms with Gasteiger partial charge in [0.15, 0.2) is 5.82 Å². The Bertz CT molecular complexity index is 303. The molecule has 1 atom stereocenters. The maximum Gasteiger partial charge on any atom is 0.159 e. The van der Waals surface area contributed by atoms with E-state index >= 15 is 0 Å². The number of hydrogen-bond donors (Lipinski definition) is 1. The third-order valence-electron chi connectivity index (χ3n) is 2.00. The fraction of sp³-hybridized carbons (Fsp3) is 0.556. The Labute approximate surface area is 97.4 Å². The summed E-state index contributed by atoms with van der Waals surface area (Å²) in [5.41, 5.74) is 6.66. The molecule has 14 heavy (non-hydrogen) atoms. The van der Waals surface area contributed by atoms with Crippen LogP contribution in [0.3, 0.4) is 0 Å².